The summed E-state index contributed by atoms with van der Waals surface area (Å²) in [6, 6.07) is 0. The zero-order valence-electron chi connectivity index (χ0n) is 11.9. The van der Waals surface area contributed by atoms with Gasteiger partial charge in [0.05, 0.1) is 0 Å². The molecule has 1 aromatic heterocycles. The Hall–Kier alpha value is -1.46. The maximum Gasteiger partial charge on any atom is 0.331 e. The van der Waals surface area contributed by atoms with Crippen LogP contribution in [0, 0.1) is 0 Å². The topological polar surface area (TPSA) is 80.9 Å². The summed E-state index contributed by atoms with van der Waals surface area (Å²) in [7, 11) is 0. The number of carbonyl (C=O) groups is 1. The summed E-state index contributed by atoms with van der Waals surface area (Å²) in [5.74, 6) is -0.165. The van der Waals surface area contributed by atoms with E-state index in [1.54, 1.807) is 6.92 Å². The van der Waals surface area contributed by atoms with E-state index in [0.717, 1.165) is 31.5 Å². The van der Waals surface area contributed by atoms with E-state index in [4.69, 9.17) is 0 Å². The summed E-state index contributed by atoms with van der Waals surface area (Å²) >= 11 is 0. The quantitative estimate of drug-likeness (QED) is 0.902. The Morgan fingerprint density at radius 1 is 1.42 bits per heavy atom. The van der Waals surface area contributed by atoms with Gasteiger partial charge >= 0.3 is 5.97 Å². The molecular formula is C13H22N4O2. The molecule has 1 heterocycles. The van der Waals surface area contributed by atoms with Crippen molar-refractivity contribution in [1.82, 2.24) is 20.2 Å². The van der Waals surface area contributed by atoms with Crippen molar-refractivity contribution in [3.05, 3.63) is 5.82 Å². The van der Waals surface area contributed by atoms with Gasteiger partial charge in [-0.25, -0.2) is 9.48 Å². The van der Waals surface area contributed by atoms with Crippen molar-refractivity contribution in [3.8, 4) is 0 Å². The van der Waals surface area contributed by atoms with Gasteiger partial charge in [0.15, 0.2) is 11.4 Å². The molecular weight excluding hydrogens is 244 g/mol. The monoisotopic (exact) mass is 266 g/mol. The normalized spacial score (nSPS) is 21.8. The van der Waals surface area contributed by atoms with Gasteiger partial charge in [-0.05, 0) is 36.6 Å². The third-order valence-corrected chi connectivity index (χ3v) is 4.58. The summed E-state index contributed by atoms with van der Waals surface area (Å²) < 4.78 is 1.53. The molecule has 0 aromatic carbocycles. The molecule has 1 N–H and O–H groups in total. The second kappa shape index (κ2) is 4.90. The predicted molar refractivity (Wildman–Crippen MR) is 69.8 cm³/mol. The van der Waals surface area contributed by atoms with Crippen LogP contribution >= 0.6 is 0 Å². The molecule has 1 fully saturated rings. The van der Waals surface area contributed by atoms with Crippen LogP contribution in [0.15, 0.2) is 0 Å². The van der Waals surface area contributed by atoms with Crippen LogP contribution < -0.4 is 0 Å². The first-order chi connectivity index (χ1) is 8.94. The number of tetrazole rings is 1. The fraction of sp³-hybridized carbons (Fsp3) is 0.846. The lowest BCUT2D eigenvalue weighted by molar-refractivity contribution is -0.147. The average Bonchev–Trinajstić information content (AvgIpc) is 2.89. The van der Waals surface area contributed by atoms with E-state index >= 15 is 0 Å². The number of rotatable bonds is 4. The molecule has 0 spiro atoms. The molecule has 6 heteroatoms. The Labute approximate surface area is 113 Å². The van der Waals surface area contributed by atoms with Crippen LogP contribution in [-0.2, 0) is 15.7 Å². The van der Waals surface area contributed by atoms with E-state index in [0.29, 0.717) is 6.42 Å². The molecule has 1 atom stereocenters. The van der Waals surface area contributed by atoms with Gasteiger partial charge in [-0.15, -0.1) is 5.10 Å². The number of hydrogen-bond donors (Lipinski definition) is 1. The minimum Gasteiger partial charge on any atom is -0.479 e. The molecule has 1 aromatic rings. The highest BCUT2D eigenvalue weighted by Gasteiger charge is 2.42. The van der Waals surface area contributed by atoms with Crippen molar-refractivity contribution < 1.29 is 9.90 Å². The summed E-state index contributed by atoms with van der Waals surface area (Å²) in [6.45, 7) is 5.68. The molecule has 0 saturated heterocycles. The summed E-state index contributed by atoms with van der Waals surface area (Å²) in [5.41, 5.74) is -1.17. The average molecular weight is 266 g/mol. The molecule has 106 valence electrons. The predicted octanol–water partition coefficient (Wildman–Crippen LogP) is 2.10. The Bertz CT molecular complexity index is 465. The van der Waals surface area contributed by atoms with Gasteiger partial charge in [-0.3, -0.25) is 0 Å². The lowest BCUT2D eigenvalue weighted by Gasteiger charge is -2.35. The lowest BCUT2D eigenvalue weighted by atomic mass is 9.74. The number of hydrogen-bond acceptors (Lipinski definition) is 4. The van der Waals surface area contributed by atoms with Gasteiger partial charge in [-0.2, -0.15) is 0 Å². The number of carboxylic acid groups (broad SMARTS) is 1. The second-order valence-corrected chi connectivity index (χ2v) is 5.97. The molecule has 1 aliphatic carbocycles. The van der Waals surface area contributed by atoms with Gasteiger partial charge in [0, 0.05) is 5.41 Å². The van der Waals surface area contributed by atoms with Crippen molar-refractivity contribution in [2.75, 3.05) is 0 Å². The van der Waals surface area contributed by atoms with Crippen molar-refractivity contribution in [2.45, 2.75) is 70.3 Å². The third-order valence-electron chi connectivity index (χ3n) is 4.58. The van der Waals surface area contributed by atoms with Gasteiger partial charge < -0.3 is 5.11 Å². The third kappa shape index (κ3) is 2.24. The maximum atomic E-state index is 11.6. The standard InChI is InChI=1S/C13H22N4O2/c1-4-13(3,11(18)19)17-10(14-15-16-17)12(2)8-6-5-7-9-12/h4-9H2,1-3H3,(H,18,19). The van der Waals surface area contributed by atoms with Crippen molar-refractivity contribution in [2.24, 2.45) is 0 Å². The van der Waals surface area contributed by atoms with E-state index in [2.05, 4.69) is 22.4 Å². The molecule has 0 radical (unpaired) electrons. The number of aliphatic carboxylic acids is 1. The minimum absolute atomic E-state index is 0.104. The smallest absolute Gasteiger partial charge is 0.331 e. The van der Waals surface area contributed by atoms with Gasteiger partial charge in [0.2, 0.25) is 0 Å². The molecule has 1 aliphatic rings. The first kappa shape index (κ1) is 14.0. The Balaban J connectivity index is 2.44. The number of nitrogens with zero attached hydrogens (tertiary/aromatic N) is 4. The largest absolute Gasteiger partial charge is 0.479 e. The van der Waals surface area contributed by atoms with Crippen LogP contribution in [0.25, 0.3) is 0 Å². The fourth-order valence-corrected chi connectivity index (χ4v) is 2.84. The Morgan fingerprint density at radius 3 is 2.58 bits per heavy atom. The van der Waals surface area contributed by atoms with Crippen molar-refractivity contribution >= 4 is 5.97 Å². The highest BCUT2D eigenvalue weighted by molar-refractivity contribution is 5.76. The van der Waals surface area contributed by atoms with Gasteiger partial charge in [0.25, 0.3) is 0 Å². The summed E-state index contributed by atoms with van der Waals surface area (Å²) in [6.07, 6.45) is 6.04. The molecule has 6 nitrogen and oxygen atoms in total. The molecule has 0 bridgehead atoms. The molecule has 1 saturated carbocycles. The SMILES string of the molecule is CCC(C)(C(=O)O)n1nnnc1C1(C)CCCCC1. The molecule has 0 aliphatic heterocycles. The van der Waals surface area contributed by atoms with E-state index in [1.807, 2.05) is 6.92 Å². The lowest BCUT2D eigenvalue weighted by Crippen LogP contribution is -2.43. The maximum absolute atomic E-state index is 11.6. The van der Waals surface area contributed by atoms with Crippen LogP contribution in [-0.4, -0.2) is 31.3 Å². The zero-order valence-corrected chi connectivity index (χ0v) is 11.9. The Kier molecular flexibility index (Phi) is 3.60. The van der Waals surface area contributed by atoms with Crippen LogP contribution in [0.2, 0.25) is 0 Å². The van der Waals surface area contributed by atoms with Crippen LogP contribution in [0.4, 0.5) is 0 Å². The zero-order chi connectivity index (χ0) is 14.1. The molecule has 1 unspecified atom stereocenters. The minimum atomic E-state index is -1.07. The van der Waals surface area contributed by atoms with Crippen LogP contribution in [0.3, 0.4) is 0 Å². The Morgan fingerprint density at radius 2 is 2.05 bits per heavy atom. The molecule has 0 amide bonds. The first-order valence-corrected chi connectivity index (χ1v) is 6.97. The fourth-order valence-electron chi connectivity index (χ4n) is 2.84. The summed E-state index contributed by atoms with van der Waals surface area (Å²) in [5, 5.41) is 21.4. The van der Waals surface area contributed by atoms with Crippen molar-refractivity contribution in [1.29, 1.82) is 0 Å². The highest BCUT2D eigenvalue weighted by Crippen LogP contribution is 2.39. The van der Waals surface area contributed by atoms with Crippen molar-refractivity contribution in [3.63, 3.8) is 0 Å². The molecule has 2 rings (SSSR count). The molecule has 19 heavy (non-hydrogen) atoms. The van der Waals surface area contributed by atoms with Gasteiger partial charge in [0.1, 0.15) is 0 Å². The van der Waals surface area contributed by atoms with Crippen LogP contribution in [0.5, 0.6) is 0 Å². The first-order valence-electron chi connectivity index (χ1n) is 6.97. The van der Waals surface area contributed by atoms with E-state index < -0.39 is 11.5 Å². The van der Waals surface area contributed by atoms with E-state index in [-0.39, 0.29) is 5.41 Å². The summed E-state index contributed by atoms with van der Waals surface area (Å²) in [4.78, 5) is 11.6. The van der Waals surface area contributed by atoms with Crippen LogP contribution in [0.1, 0.15) is 65.1 Å². The highest BCUT2D eigenvalue weighted by atomic mass is 16.4. The van der Waals surface area contributed by atoms with Gasteiger partial charge in [-0.1, -0.05) is 33.1 Å². The second-order valence-electron chi connectivity index (χ2n) is 5.97. The van der Waals surface area contributed by atoms with E-state index in [9.17, 15) is 9.90 Å². The number of aromatic nitrogens is 4. The van der Waals surface area contributed by atoms with E-state index in [1.165, 1.54) is 11.1 Å². The number of carboxylic acids is 1.